The van der Waals surface area contributed by atoms with E-state index in [1.807, 2.05) is 12.1 Å². The van der Waals surface area contributed by atoms with Crippen LogP contribution in [0.25, 0.3) is 0 Å². The van der Waals surface area contributed by atoms with E-state index in [0.29, 0.717) is 10.0 Å². The van der Waals surface area contributed by atoms with Gasteiger partial charge in [-0.15, -0.1) is 0 Å². The second-order valence-electron chi connectivity index (χ2n) is 3.39. The fourth-order valence-corrected chi connectivity index (χ4v) is 1.83. The number of halogens is 2. The molecular weight excluding hydrogens is 217 g/mol. The van der Waals surface area contributed by atoms with Gasteiger partial charge in [0, 0.05) is 6.04 Å². The fourth-order valence-electron chi connectivity index (χ4n) is 1.39. The first-order chi connectivity index (χ1) is 6.66. The summed E-state index contributed by atoms with van der Waals surface area (Å²) in [6, 6.07) is 5.60. The molecule has 0 spiro atoms. The highest BCUT2D eigenvalue weighted by molar-refractivity contribution is 6.42. The highest BCUT2D eigenvalue weighted by atomic mass is 35.5. The molecule has 1 atom stereocenters. The van der Waals surface area contributed by atoms with Crippen molar-refractivity contribution in [3.8, 4) is 0 Å². The van der Waals surface area contributed by atoms with Gasteiger partial charge in [0.2, 0.25) is 0 Å². The molecule has 0 fully saturated rings. The zero-order valence-corrected chi connectivity index (χ0v) is 9.78. The van der Waals surface area contributed by atoms with Crippen LogP contribution in [0.4, 0.5) is 0 Å². The van der Waals surface area contributed by atoms with Crippen LogP contribution in [-0.2, 0) is 0 Å². The minimum absolute atomic E-state index is 0.00106. The number of benzene rings is 1. The van der Waals surface area contributed by atoms with E-state index in [-0.39, 0.29) is 6.04 Å². The third-order valence-corrected chi connectivity index (χ3v) is 3.08. The summed E-state index contributed by atoms with van der Waals surface area (Å²) in [6.07, 6.45) is 3.21. The molecule has 0 aromatic heterocycles. The fraction of sp³-hybridized carbons (Fsp3) is 0.455. The molecule has 1 aromatic rings. The van der Waals surface area contributed by atoms with Crippen LogP contribution in [-0.4, -0.2) is 0 Å². The van der Waals surface area contributed by atoms with Crippen molar-refractivity contribution in [3.63, 3.8) is 0 Å². The Morgan fingerprint density at radius 3 is 2.71 bits per heavy atom. The molecule has 0 aliphatic heterocycles. The Labute approximate surface area is 95.2 Å². The Morgan fingerprint density at radius 2 is 2.07 bits per heavy atom. The van der Waals surface area contributed by atoms with Crippen molar-refractivity contribution in [1.82, 2.24) is 0 Å². The highest BCUT2D eigenvalue weighted by Crippen LogP contribution is 2.30. The predicted octanol–water partition coefficient (Wildman–Crippen LogP) is 4.18. The lowest BCUT2D eigenvalue weighted by Gasteiger charge is -2.13. The molecule has 0 saturated heterocycles. The Balaban J connectivity index is 2.79. The zero-order valence-electron chi connectivity index (χ0n) is 8.26. The van der Waals surface area contributed by atoms with Crippen molar-refractivity contribution in [1.29, 1.82) is 0 Å². The smallest absolute Gasteiger partial charge is 0.0639 e. The molecule has 2 N–H and O–H groups in total. The molecule has 1 unspecified atom stereocenters. The summed E-state index contributed by atoms with van der Waals surface area (Å²) >= 11 is 12.0. The van der Waals surface area contributed by atoms with Gasteiger partial charge in [0.1, 0.15) is 0 Å². The van der Waals surface area contributed by atoms with Crippen LogP contribution >= 0.6 is 23.2 Å². The standard InChI is InChI=1S/C11H15Cl2N/c1-2-3-7-10(14)8-5-4-6-9(12)11(8)13/h4-6,10H,2-3,7,14H2,1H3. The second kappa shape index (κ2) is 5.59. The molecule has 0 bridgehead atoms. The minimum Gasteiger partial charge on any atom is -0.324 e. The number of hydrogen-bond donors (Lipinski definition) is 1. The van der Waals surface area contributed by atoms with E-state index >= 15 is 0 Å². The van der Waals surface area contributed by atoms with E-state index < -0.39 is 0 Å². The maximum absolute atomic E-state index is 6.06. The summed E-state index contributed by atoms with van der Waals surface area (Å²) in [7, 11) is 0. The average Bonchev–Trinajstić information content (AvgIpc) is 2.18. The van der Waals surface area contributed by atoms with Crippen molar-refractivity contribution in [2.24, 2.45) is 5.73 Å². The van der Waals surface area contributed by atoms with E-state index in [9.17, 15) is 0 Å². The van der Waals surface area contributed by atoms with Crippen LogP contribution in [0, 0.1) is 0 Å². The monoisotopic (exact) mass is 231 g/mol. The van der Waals surface area contributed by atoms with E-state index in [2.05, 4.69) is 6.92 Å². The highest BCUT2D eigenvalue weighted by Gasteiger charge is 2.11. The van der Waals surface area contributed by atoms with Crippen molar-refractivity contribution in [2.45, 2.75) is 32.2 Å². The van der Waals surface area contributed by atoms with Gasteiger partial charge in [-0.2, -0.15) is 0 Å². The summed E-state index contributed by atoms with van der Waals surface area (Å²) in [4.78, 5) is 0. The number of rotatable bonds is 4. The maximum Gasteiger partial charge on any atom is 0.0639 e. The van der Waals surface area contributed by atoms with Gasteiger partial charge in [0.15, 0.2) is 0 Å². The minimum atomic E-state index is 0.00106. The van der Waals surface area contributed by atoms with Gasteiger partial charge in [-0.05, 0) is 18.1 Å². The summed E-state index contributed by atoms with van der Waals surface area (Å²) in [5, 5.41) is 1.17. The van der Waals surface area contributed by atoms with Crippen LogP contribution in [0.5, 0.6) is 0 Å². The van der Waals surface area contributed by atoms with Gasteiger partial charge in [0.05, 0.1) is 10.0 Å². The molecule has 0 saturated carbocycles. The van der Waals surface area contributed by atoms with Crippen molar-refractivity contribution in [3.05, 3.63) is 33.8 Å². The summed E-state index contributed by atoms with van der Waals surface area (Å²) < 4.78 is 0. The SMILES string of the molecule is CCCCC(N)c1cccc(Cl)c1Cl. The lowest BCUT2D eigenvalue weighted by molar-refractivity contribution is 0.603. The van der Waals surface area contributed by atoms with Gasteiger partial charge in [-0.3, -0.25) is 0 Å². The van der Waals surface area contributed by atoms with E-state index in [1.54, 1.807) is 6.07 Å². The first kappa shape index (κ1) is 11.8. The Kier molecular flexibility index (Phi) is 4.73. The van der Waals surface area contributed by atoms with Gasteiger partial charge in [-0.25, -0.2) is 0 Å². The third-order valence-electron chi connectivity index (χ3n) is 2.25. The Morgan fingerprint density at radius 1 is 1.36 bits per heavy atom. The lowest BCUT2D eigenvalue weighted by atomic mass is 10.0. The summed E-state index contributed by atoms with van der Waals surface area (Å²) in [5.74, 6) is 0. The maximum atomic E-state index is 6.06. The molecular formula is C11H15Cl2N. The van der Waals surface area contributed by atoms with Crippen molar-refractivity contribution in [2.75, 3.05) is 0 Å². The van der Waals surface area contributed by atoms with Crippen LogP contribution < -0.4 is 5.73 Å². The van der Waals surface area contributed by atoms with Crippen LogP contribution in [0.3, 0.4) is 0 Å². The Hall–Kier alpha value is -0.240. The molecule has 1 aromatic carbocycles. The van der Waals surface area contributed by atoms with Gasteiger partial charge < -0.3 is 5.73 Å². The number of unbranched alkanes of at least 4 members (excludes halogenated alkanes) is 1. The molecule has 1 rings (SSSR count). The summed E-state index contributed by atoms with van der Waals surface area (Å²) in [5.41, 5.74) is 6.96. The largest absolute Gasteiger partial charge is 0.324 e. The zero-order chi connectivity index (χ0) is 10.6. The predicted molar refractivity (Wildman–Crippen MR) is 62.9 cm³/mol. The van der Waals surface area contributed by atoms with Gasteiger partial charge >= 0.3 is 0 Å². The molecule has 0 aliphatic carbocycles. The Bertz CT molecular complexity index is 299. The van der Waals surface area contributed by atoms with E-state index in [0.717, 1.165) is 24.8 Å². The second-order valence-corrected chi connectivity index (χ2v) is 4.18. The molecule has 1 nitrogen and oxygen atoms in total. The first-order valence-electron chi connectivity index (χ1n) is 4.86. The van der Waals surface area contributed by atoms with Gasteiger partial charge in [0.25, 0.3) is 0 Å². The third kappa shape index (κ3) is 2.88. The molecule has 78 valence electrons. The normalized spacial score (nSPS) is 12.9. The van der Waals surface area contributed by atoms with Crippen molar-refractivity contribution < 1.29 is 0 Å². The van der Waals surface area contributed by atoms with E-state index in [1.165, 1.54) is 0 Å². The molecule has 0 aliphatic rings. The quantitative estimate of drug-likeness (QED) is 0.827. The molecule has 0 radical (unpaired) electrons. The summed E-state index contributed by atoms with van der Waals surface area (Å²) in [6.45, 7) is 2.15. The van der Waals surface area contributed by atoms with E-state index in [4.69, 9.17) is 28.9 Å². The molecule has 0 amide bonds. The van der Waals surface area contributed by atoms with Crippen molar-refractivity contribution >= 4 is 23.2 Å². The number of hydrogen-bond acceptors (Lipinski definition) is 1. The average molecular weight is 232 g/mol. The molecule has 14 heavy (non-hydrogen) atoms. The van der Waals surface area contributed by atoms with Crippen LogP contribution in [0.2, 0.25) is 10.0 Å². The van der Waals surface area contributed by atoms with Gasteiger partial charge in [-0.1, -0.05) is 55.1 Å². The molecule has 0 heterocycles. The van der Waals surface area contributed by atoms with Crippen LogP contribution in [0.15, 0.2) is 18.2 Å². The topological polar surface area (TPSA) is 26.0 Å². The number of nitrogens with two attached hydrogens (primary N) is 1. The molecule has 3 heteroatoms. The lowest BCUT2D eigenvalue weighted by Crippen LogP contribution is -2.10. The van der Waals surface area contributed by atoms with Crippen LogP contribution in [0.1, 0.15) is 37.8 Å². The first-order valence-corrected chi connectivity index (χ1v) is 5.62.